The van der Waals surface area contributed by atoms with E-state index in [4.69, 9.17) is 4.74 Å². The largest absolute Gasteiger partial charge is 0.373 e. The number of likely N-dealkylation sites (tertiary alicyclic amines) is 2. The molecule has 3 aliphatic rings. The van der Waals surface area contributed by atoms with Crippen molar-refractivity contribution >= 4 is 17.2 Å². The molecular formula is C18H28N4O2S. The van der Waals surface area contributed by atoms with E-state index in [-0.39, 0.29) is 12.0 Å². The van der Waals surface area contributed by atoms with Crippen LogP contribution in [0.5, 0.6) is 0 Å². The third-order valence-corrected chi connectivity index (χ3v) is 6.70. The first-order chi connectivity index (χ1) is 12.1. The van der Waals surface area contributed by atoms with Crippen LogP contribution in [-0.4, -0.2) is 84.1 Å². The van der Waals surface area contributed by atoms with Crippen molar-refractivity contribution in [3.8, 4) is 0 Å². The van der Waals surface area contributed by atoms with Crippen molar-refractivity contribution in [1.82, 2.24) is 19.7 Å². The molecule has 0 bridgehead atoms. The summed E-state index contributed by atoms with van der Waals surface area (Å²) in [6, 6.07) is 0.380. The Kier molecular flexibility index (Phi) is 5.08. The summed E-state index contributed by atoms with van der Waals surface area (Å²) in [5, 5.41) is 3.28. The Hall–Kier alpha value is -1.02. The van der Waals surface area contributed by atoms with Crippen LogP contribution < -0.4 is 0 Å². The number of hydrogen-bond donors (Lipinski definition) is 0. The van der Waals surface area contributed by atoms with Crippen molar-refractivity contribution in [1.29, 1.82) is 0 Å². The van der Waals surface area contributed by atoms with Crippen LogP contribution >= 0.6 is 11.3 Å². The fourth-order valence-corrected chi connectivity index (χ4v) is 4.95. The minimum atomic E-state index is 0.180. The van der Waals surface area contributed by atoms with Gasteiger partial charge in [-0.25, -0.2) is 4.98 Å². The first-order valence-electron chi connectivity index (χ1n) is 9.34. The average molecular weight is 365 g/mol. The lowest BCUT2D eigenvalue weighted by molar-refractivity contribution is -0.136. The number of likely N-dealkylation sites (N-methyl/N-ethyl adjacent to an activating group) is 1. The molecule has 4 heterocycles. The van der Waals surface area contributed by atoms with Gasteiger partial charge in [0, 0.05) is 37.5 Å². The number of piperidine rings is 1. The Balaban J connectivity index is 1.28. The number of thiazole rings is 1. The Morgan fingerprint density at radius 1 is 1.32 bits per heavy atom. The van der Waals surface area contributed by atoms with Crippen LogP contribution in [0.3, 0.4) is 0 Å². The molecular weight excluding hydrogens is 336 g/mol. The lowest BCUT2D eigenvalue weighted by Crippen LogP contribution is -2.48. The van der Waals surface area contributed by atoms with E-state index in [1.54, 1.807) is 11.3 Å². The second-order valence-corrected chi connectivity index (χ2v) is 8.67. The zero-order chi connectivity index (χ0) is 17.4. The van der Waals surface area contributed by atoms with Gasteiger partial charge in [0.2, 0.25) is 5.91 Å². The number of morpholine rings is 1. The summed E-state index contributed by atoms with van der Waals surface area (Å²) in [7, 11) is 2.15. The minimum absolute atomic E-state index is 0.180. The molecule has 3 saturated heterocycles. The maximum atomic E-state index is 12.9. The van der Waals surface area contributed by atoms with Crippen molar-refractivity contribution in [2.45, 2.75) is 38.5 Å². The molecule has 3 aliphatic heterocycles. The van der Waals surface area contributed by atoms with Crippen LogP contribution in [0.1, 0.15) is 23.5 Å². The molecule has 25 heavy (non-hydrogen) atoms. The highest BCUT2D eigenvalue weighted by Gasteiger charge is 2.42. The zero-order valence-corrected chi connectivity index (χ0v) is 16.0. The van der Waals surface area contributed by atoms with Crippen LogP contribution in [-0.2, 0) is 16.1 Å². The molecule has 0 saturated carbocycles. The standard InChI is InChI=1S/C18H28N4O2S/c1-13-19-15(12-25-13)9-21-5-3-14(4-6-21)18(23)22-10-16-17(11-22)24-8-7-20(16)2/h12,14,16-17H,3-11H2,1-2H3/t16-,17+/m0/s1. The molecule has 1 aromatic rings. The number of rotatable bonds is 3. The van der Waals surface area contributed by atoms with Gasteiger partial charge in [-0.2, -0.15) is 0 Å². The summed E-state index contributed by atoms with van der Waals surface area (Å²) < 4.78 is 5.88. The van der Waals surface area contributed by atoms with Crippen molar-refractivity contribution in [2.75, 3.05) is 46.4 Å². The van der Waals surface area contributed by atoms with Gasteiger partial charge in [-0.05, 0) is 39.9 Å². The van der Waals surface area contributed by atoms with Gasteiger partial charge in [-0.3, -0.25) is 14.6 Å². The molecule has 0 aliphatic carbocycles. The number of hydrogen-bond acceptors (Lipinski definition) is 6. The summed E-state index contributed by atoms with van der Waals surface area (Å²) in [6.07, 6.45) is 2.13. The number of nitrogens with zero attached hydrogens (tertiary/aromatic N) is 4. The second-order valence-electron chi connectivity index (χ2n) is 7.61. The number of carbonyl (C=O) groups is 1. The molecule has 0 N–H and O–H groups in total. The number of carbonyl (C=O) groups excluding carboxylic acids is 1. The fourth-order valence-electron chi connectivity index (χ4n) is 4.34. The molecule has 0 unspecified atom stereocenters. The van der Waals surface area contributed by atoms with Gasteiger partial charge in [-0.1, -0.05) is 0 Å². The molecule has 0 radical (unpaired) electrons. The smallest absolute Gasteiger partial charge is 0.225 e. The summed E-state index contributed by atoms with van der Waals surface area (Å²) >= 11 is 1.71. The predicted octanol–water partition coefficient (Wildman–Crippen LogP) is 1.20. The molecule has 3 fully saturated rings. The number of amides is 1. The summed E-state index contributed by atoms with van der Waals surface area (Å²) in [5.41, 5.74) is 1.16. The van der Waals surface area contributed by atoms with E-state index in [9.17, 15) is 4.79 Å². The van der Waals surface area contributed by atoms with Crippen LogP contribution in [0.25, 0.3) is 0 Å². The van der Waals surface area contributed by atoms with E-state index in [1.165, 1.54) is 0 Å². The predicted molar refractivity (Wildman–Crippen MR) is 97.6 cm³/mol. The van der Waals surface area contributed by atoms with Crippen molar-refractivity contribution in [2.24, 2.45) is 5.92 Å². The minimum Gasteiger partial charge on any atom is -0.373 e. The molecule has 0 aromatic carbocycles. The van der Waals surface area contributed by atoms with Gasteiger partial charge in [0.15, 0.2) is 0 Å². The summed E-state index contributed by atoms with van der Waals surface area (Å²) in [6.45, 7) is 8.30. The van der Waals surface area contributed by atoms with Crippen LogP contribution in [0.4, 0.5) is 0 Å². The normalized spacial score (nSPS) is 29.1. The number of fused-ring (bicyclic) bond motifs is 1. The van der Waals surface area contributed by atoms with Crippen LogP contribution in [0.2, 0.25) is 0 Å². The van der Waals surface area contributed by atoms with E-state index in [2.05, 4.69) is 32.1 Å². The van der Waals surface area contributed by atoms with Crippen LogP contribution in [0.15, 0.2) is 5.38 Å². The second kappa shape index (κ2) is 7.31. The van der Waals surface area contributed by atoms with Gasteiger partial charge in [0.25, 0.3) is 0 Å². The van der Waals surface area contributed by atoms with E-state index in [1.807, 2.05) is 6.92 Å². The van der Waals surface area contributed by atoms with Crippen LogP contribution in [0, 0.1) is 12.8 Å². The number of ether oxygens (including phenoxy) is 1. The monoisotopic (exact) mass is 364 g/mol. The third kappa shape index (κ3) is 3.74. The Bertz CT molecular complexity index is 614. The van der Waals surface area contributed by atoms with Gasteiger partial charge >= 0.3 is 0 Å². The number of aryl methyl sites for hydroxylation is 1. The maximum Gasteiger partial charge on any atom is 0.225 e. The topological polar surface area (TPSA) is 48.9 Å². The quantitative estimate of drug-likeness (QED) is 0.807. The Morgan fingerprint density at radius 2 is 2.12 bits per heavy atom. The van der Waals surface area contributed by atoms with Gasteiger partial charge < -0.3 is 9.64 Å². The maximum absolute atomic E-state index is 12.9. The highest BCUT2D eigenvalue weighted by molar-refractivity contribution is 7.09. The Morgan fingerprint density at radius 3 is 2.80 bits per heavy atom. The molecule has 4 rings (SSSR count). The van der Waals surface area contributed by atoms with Gasteiger partial charge in [-0.15, -0.1) is 11.3 Å². The fraction of sp³-hybridized carbons (Fsp3) is 0.778. The Labute approximate surface area is 153 Å². The van der Waals surface area contributed by atoms with Crippen molar-refractivity contribution in [3.05, 3.63) is 16.1 Å². The van der Waals surface area contributed by atoms with E-state index >= 15 is 0 Å². The van der Waals surface area contributed by atoms with Crippen molar-refractivity contribution < 1.29 is 9.53 Å². The molecule has 1 aromatic heterocycles. The molecule has 7 heteroatoms. The highest BCUT2D eigenvalue weighted by Crippen LogP contribution is 2.27. The summed E-state index contributed by atoms with van der Waals surface area (Å²) in [5.74, 6) is 0.523. The molecule has 2 atom stereocenters. The molecule has 6 nitrogen and oxygen atoms in total. The van der Waals surface area contributed by atoms with Crippen molar-refractivity contribution in [3.63, 3.8) is 0 Å². The number of aromatic nitrogens is 1. The summed E-state index contributed by atoms with van der Waals surface area (Å²) in [4.78, 5) is 24.3. The first kappa shape index (κ1) is 17.4. The molecule has 138 valence electrons. The lowest BCUT2D eigenvalue weighted by Gasteiger charge is -2.33. The lowest BCUT2D eigenvalue weighted by atomic mass is 9.95. The average Bonchev–Trinajstić information content (AvgIpc) is 3.22. The van der Waals surface area contributed by atoms with E-state index in [0.29, 0.717) is 11.9 Å². The van der Waals surface area contributed by atoms with E-state index in [0.717, 1.165) is 69.4 Å². The molecule has 1 amide bonds. The first-order valence-corrected chi connectivity index (χ1v) is 10.2. The van der Waals surface area contributed by atoms with E-state index < -0.39 is 0 Å². The third-order valence-electron chi connectivity index (χ3n) is 5.88. The van der Waals surface area contributed by atoms with Gasteiger partial charge in [0.1, 0.15) is 0 Å². The zero-order valence-electron chi connectivity index (χ0n) is 15.2. The highest BCUT2D eigenvalue weighted by atomic mass is 32.1. The molecule has 0 spiro atoms. The SMILES string of the molecule is Cc1nc(CN2CCC(C(=O)N3C[C@H]4OCCN(C)[C@H]4C3)CC2)cs1. The van der Waals surface area contributed by atoms with Gasteiger partial charge in [0.05, 0.1) is 29.5 Å².